The predicted molar refractivity (Wildman–Crippen MR) is 174 cm³/mol. The van der Waals surface area contributed by atoms with E-state index in [1.165, 1.54) is 51.4 Å². The van der Waals surface area contributed by atoms with Crippen LogP contribution in [0.3, 0.4) is 0 Å². The van der Waals surface area contributed by atoms with Crippen LogP contribution in [0.4, 0.5) is 4.79 Å². The van der Waals surface area contributed by atoms with Gasteiger partial charge in [0, 0.05) is 13.0 Å². The fourth-order valence-electron chi connectivity index (χ4n) is 5.79. The second kappa shape index (κ2) is 22.0. The molecule has 1 fully saturated rings. The maximum atomic E-state index is 13.5. The van der Waals surface area contributed by atoms with E-state index < -0.39 is 12.0 Å². The average molecular weight is 601 g/mol. The molecule has 7 heteroatoms. The maximum absolute atomic E-state index is 13.5. The molecule has 43 heavy (non-hydrogen) atoms. The van der Waals surface area contributed by atoms with E-state index in [0.717, 1.165) is 50.5 Å². The van der Waals surface area contributed by atoms with Gasteiger partial charge in [-0.3, -0.25) is 4.79 Å². The van der Waals surface area contributed by atoms with Gasteiger partial charge in [0.2, 0.25) is 0 Å². The molecule has 0 aromatic heterocycles. The molecule has 244 valence electrons. The Morgan fingerprint density at radius 3 is 2.07 bits per heavy atom. The average Bonchev–Trinajstić information content (AvgIpc) is 2.98. The topological polar surface area (TPSA) is 93.7 Å². The van der Waals surface area contributed by atoms with Crippen LogP contribution in [-0.2, 0) is 25.6 Å². The van der Waals surface area contributed by atoms with Crippen LogP contribution < -0.4 is 10.6 Å². The molecule has 4 atom stereocenters. The molecular weight excluding hydrogens is 540 g/mol. The fraction of sp³-hybridized carbons (Fsp3) is 0.750. The van der Waals surface area contributed by atoms with Crippen molar-refractivity contribution in [2.45, 2.75) is 162 Å². The van der Waals surface area contributed by atoms with Crippen LogP contribution >= 0.6 is 0 Å². The van der Waals surface area contributed by atoms with Crippen LogP contribution in [0.5, 0.6) is 0 Å². The first-order valence-electron chi connectivity index (χ1n) is 17.3. The van der Waals surface area contributed by atoms with Crippen molar-refractivity contribution >= 4 is 18.0 Å². The third-order valence-corrected chi connectivity index (χ3v) is 8.39. The van der Waals surface area contributed by atoms with Gasteiger partial charge in [-0.25, -0.2) is 9.59 Å². The van der Waals surface area contributed by atoms with Crippen molar-refractivity contribution in [1.29, 1.82) is 0 Å². The first-order valence-corrected chi connectivity index (χ1v) is 17.3. The van der Waals surface area contributed by atoms with E-state index in [2.05, 4.69) is 24.5 Å². The van der Waals surface area contributed by atoms with Gasteiger partial charge in [0.1, 0.15) is 18.2 Å². The summed E-state index contributed by atoms with van der Waals surface area (Å²) in [6.07, 6.45) is 17.5. The number of esters is 2. The molecule has 1 aliphatic rings. The smallest absolute Gasteiger partial charge is 0.328 e. The zero-order valence-corrected chi connectivity index (χ0v) is 27.5. The number of hydrogen-bond donors (Lipinski definition) is 2. The van der Waals surface area contributed by atoms with Crippen molar-refractivity contribution in [3.63, 3.8) is 0 Å². The summed E-state index contributed by atoms with van der Waals surface area (Å²) in [6.45, 7) is 8.86. The van der Waals surface area contributed by atoms with Gasteiger partial charge in [-0.15, -0.1) is 0 Å². The van der Waals surface area contributed by atoms with Gasteiger partial charge in [0.05, 0.1) is 5.92 Å². The van der Waals surface area contributed by atoms with Gasteiger partial charge in [-0.05, 0) is 37.2 Å². The number of rotatable bonds is 24. The van der Waals surface area contributed by atoms with Crippen LogP contribution in [0.15, 0.2) is 30.3 Å². The lowest BCUT2D eigenvalue weighted by atomic mass is 9.86. The van der Waals surface area contributed by atoms with Crippen molar-refractivity contribution in [2.24, 2.45) is 11.8 Å². The number of urea groups is 1. The lowest BCUT2D eigenvalue weighted by molar-refractivity contribution is -0.190. The Balaban J connectivity index is 1.94. The molecular formula is C36H60N2O5. The summed E-state index contributed by atoms with van der Waals surface area (Å²) in [5, 5.41) is 5.71. The highest BCUT2D eigenvalue weighted by Gasteiger charge is 2.43. The Morgan fingerprint density at radius 1 is 0.860 bits per heavy atom. The van der Waals surface area contributed by atoms with Crippen molar-refractivity contribution in [3.8, 4) is 0 Å². The van der Waals surface area contributed by atoms with Crippen LogP contribution in [0.2, 0.25) is 0 Å². The highest BCUT2D eigenvalue weighted by molar-refractivity contribution is 5.83. The molecule has 0 radical (unpaired) electrons. The molecule has 1 unspecified atom stereocenters. The summed E-state index contributed by atoms with van der Waals surface area (Å²) in [6, 6.07) is 8.55. The van der Waals surface area contributed by atoms with Crippen molar-refractivity contribution in [1.82, 2.24) is 10.6 Å². The molecule has 0 spiro atoms. The predicted octanol–water partition coefficient (Wildman–Crippen LogP) is 8.64. The lowest BCUT2D eigenvalue weighted by Crippen LogP contribution is -2.49. The minimum atomic E-state index is -0.741. The molecule has 1 aliphatic heterocycles. The Hall–Kier alpha value is -2.57. The minimum absolute atomic E-state index is 0.102. The van der Waals surface area contributed by atoms with Gasteiger partial charge >= 0.3 is 18.0 Å². The first kappa shape index (κ1) is 36.6. The van der Waals surface area contributed by atoms with Gasteiger partial charge in [-0.2, -0.15) is 0 Å². The van der Waals surface area contributed by atoms with Crippen molar-refractivity contribution in [3.05, 3.63) is 35.9 Å². The van der Waals surface area contributed by atoms with Gasteiger partial charge in [0.15, 0.2) is 0 Å². The summed E-state index contributed by atoms with van der Waals surface area (Å²) in [4.78, 5) is 38.5. The SMILES string of the molecule is CCCCCCCCCCCC(C[C@H]1OC(=O)[C@@H]1CCCCCC)OC(=O)[C@H](CC(C)C)NC(=O)NCc1ccccc1. The molecule has 1 heterocycles. The third kappa shape index (κ3) is 15.6. The van der Waals surface area contributed by atoms with Crippen molar-refractivity contribution < 1.29 is 23.9 Å². The number of carbonyl (C=O) groups excluding carboxylic acids is 3. The Bertz CT molecular complexity index is 906. The standard InChI is InChI=1S/C36H60N2O5/c1-5-7-9-11-12-13-14-15-19-23-30(26-33-31(34(39)43-33)24-20-10-8-6-2)42-35(40)32(25-28(3)4)38-36(41)37-27-29-21-17-16-18-22-29/h16-18,21-22,28,30-33H,5-15,19-20,23-27H2,1-4H3,(H2,37,38,41)/t30?,31-,32+,33-/m1/s1. The third-order valence-electron chi connectivity index (χ3n) is 8.39. The number of ether oxygens (including phenoxy) is 2. The maximum Gasteiger partial charge on any atom is 0.328 e. The molecule has 2 N–H and O–H groups in total. The van der Waals surface area contributed by atoms with E-state index in [9.17, 15) is 14.4 Å². The molecule has 0 aliphatic carbocycles. The highest BCUT2D eigenvalue weighted by atomic mass is 16.6. The fourth-order valence-corrected chi connectivity index (χ4v) is 5.79. The van der Waals surface area contributed by atoms with E-state index >= 15 is 0 Å². The van der Waals surface area contributed by atoms with Crippen LogP contribution in [-0.4, -0.2) is 36.2 Å². The number of nitrogens with one attached hydrogen (secondary N) is 2. The van der Waals surface area contributed by atoms with E-state index in [1.54, 1.807) is 0 Å². The highest BCUT2D eigenvalue weighted by Crippen LogP contribution is 2.33. The van der Waals surface area contributed by atoms with E-state index in [0.29, 0.717) is 19.4 Å². The monoisotopic (exact) mass is 600 g/mol. The van der Waals surface area contributed by atoms with Crippen LogP contribution in [0, 0.1) is 11.8 Å². The molecule has 1 saturated heterocycles. The molecule has 2 amide bonds. The number of carbonyl (C=O) groups is 3. The minimum Gasteiger partial charge on any atom is -0.461 e. The summed E-state index contributed by atoms with van der Waals surface area (Å²) in [5.74, 6) is -0.434. The number of unbranched alkanes of at least 4 members (excludes halogenated alkanes) is 11. The molecule has 2 rings (SSSR count). The summed E-state index contributed by atoms with van der Waals surface area (Å²) < 4.78 is 11.7. The van der Waals surface area contributed by atoms with Crippen molar-refractivity contribution in [2.75, 3.05) is 0 Å². The van der Waals surface area contributed by atoms with Gasteiger partial charge in [-0.1, -0.05) is 135 Å². The first-order chi connectivity index (χ1) is 20.8. The van der Waals surface area contributed by atoms with E-state index in [-0.39, 0.29) is 36.0 Å². The lowest BCUT2D eigenvalue weighted by Gasteiger charge is -2.37. The number of amides is 2. The molecule has 1 aromatic carbocycles. The van der Waals surface area contributed by atoms with Gasteiger partial charge < -0.3 is 20.1 Å². The summed E-state index contributed by atoms with van der Waals surface area (Å²) in [7, 11) is 0. The molecule has 0 saturated carbocycles. The zero-order chi connectivity index (χ0) is 31.3. The van der Waals surface area contributed by atoms with E-state index in [4.69, 9.17) is 9.47 Å². The Morgan fingerprint density at radius 2 is 1.47 bits per heavy atom. The Kier molecular flexibility index (Phi) is 18.7. The molecule has 7 nitrogen and oxygen atoms in total. The second-order valence-electron chi connectivity index (χ2n) is 12.8. The molecule has 1 aromatic rings. The van der Waals surface area contributed by atoms with Gasteiger partial charge in [0.25, 0.3) is 0 Å². The summed E-state index contributed by atoms with van der Waals surface area (Å²) >= 11 is 0. The largest absolute Gasteiger partial charge is 0.461 e. The number of hydrogen-bond acceptors (Lipinski definition) is 5. The van der Waals surface area contributed by atoms with Crippen LogP contribution in [0.25, 0.3) is 0 Å². The normalized spacial score (nSPS) is 17.6. The molecule has 0 bridgehead atoms. The summed E-state index contributed by atoms with van der Waals surface area (Å²) in [5.41, 5.74) is 0.987. The van der Waals surface area contributed by atoms with Crippen LogP contribution in [0.1, 0.15) is 142 Å². The number of benzene rings is 1. The quantitative estimate of drug-likeness (QED) is 0.0915. The van der Waals surface area contributed by atoms with E-state index in [1.807, 2.05) is 44.2 Å². The number of cyclic esters (lactones) is 1. The second-order valence-corrected chi connectivity index (χ2v) is 12.8. The zero-order valence-electron chi connectivity index (χ0n) is 27.5. The Labute approximate surface area is 261 Å².